The van der Waals surface area contributed by atoms with Crippen LogP contribution in [-0.4, -0.2) is 33.8 Å². The van der Waals surface area contributed by atoms with Crippen molar-refractivity contribution in [1.29, 1.82) is 0 Å². The molecule has 1 aromatic heterocycles. The molecule has 0 amide bonds. The summed E-state index contributed by atoms with van der Waals surface area (Å²) < 4.78 is 2.35. The highest BCUT2D eigenvalue weighted by atomic mass is 32.2. The van der Waals surface area contributed by atoms with Crippen LogP contribution in [0.15, 0.2) is 65.8 Å². The molecule has 29 heavy (non-hydrogen) atoms. The summed E-state index contributed by atoms with van der Waals surface area (Å²) in [5, 5.41) is 10.5. The Hall–Kier alpha value is -2.11. The van der Waals surface area contributed by atoms with Gasteiger partial charge in [-0.1, -0.05) is 92.7 Å². The monoisotopic (exact) mass is 408 g/mol. The molecule has 154 valence electrons. The fourth-order valence-corrected chi connectivity index (χ4v) is 4.83. The highest BCUT2D eigenvalue weighted by molar-refractivity contribution is 7.99. The van der Waals surface area contributed by atoms with Gasteiger partial charge in [0.25, 0.3) is 0 Å². The van der Waals surface area contributed by atoms with Crippen molar-refractivity contribution in [2.45, 2.75) is 56.1 Å². The van der Waals surface area contributed by atoms with E-state index >= 15 is 0 Å². The van der Waals surface area contributed by atoms with Gasteiger partial charge in [0.2, 0.25) is 0 Å². The quantitative estimate of drug-likeness (QED) is 0.387. The maximum absolute atomic E-state index is 4.66. The van der Waals surface area contributed by atoms with Crippen molar-refractivity contribution >= 4 is 11.8 Å². The standard InChI is InChI=1S/C24H32N4S/c1-5-7-18-28-23(21(6-2)27(3)4)25-26-24(28)29-22(19-14-10-8-11-15-19)20-16-12-9-13-17-20/h8-17,21-22H,5-7,18H2,1-4H3. The minimum absolute atomic E-state index is 0.189. The molecule has 0 aliphatic carbocycles. The van der Waals surface area contributed by atoms with E-state index < -0.39 is 0 Å². The van der Waals surface area contributed by atoms with E-state index in [9.17, 15) is 0 Å². The van der Waals surface area contributed by atoms with E-state index in [0.29, 0.717) is 0 Å². The van der Waals surface area contributed by atoms with Crippen LogP contribution in [0, 0.1) is 0 Å². The molecule has 1 atom stereocenters. The van der Waals surface area contributed by atoms with Gasteiger partial charge in [-0.15, -0.1) is 10.2 Å². The Bertz CT molecular complexity index is 822. The van der Waals surface area contributed by atoms with E-state index in [0.717, 1.165) is 36.8 Å². The van der Waals surface area contributed by atoms with Crippen LogP contribution in [-0.2, 0) is 6.54 Å². The van der Waals surface area contributed by atoms with Gasteiger partial charge < -0.3 is 4.57 Å². The topological polar surface area (TPSA) is 34.0 Å². The van der Waals surface area contributed by atoms with Gasteiger partial charge in [0, 0.05) is 6.54 Å². The molecule has 0 aliphatic rings. The maximum Gasteiger partial charge on any atom is 0.192 e. The number of benzene rings is 2. The number of nitrogens with zero attached hydrogens (tertiary/aromatic N) is 4. The predicted octanol–water partition coefficient (Wildman–Crippen LogP) is 5.97. The van der Waals surface area contributed by atoms with Gasteiger partial charge in [0.05, 0.1) is 11.3 Å². The normalized spacial score (nSPS) is 12.6. The van der Waals surface area contributed by atoms with E-state index in [1.807, 2.05) is 0 Å². The first-order chi connectivity index (χ1) is 14.2. The zero-order valence-corrected chi connectivity index (χ0v) is 18.8. The van der Waals surface area contributed by atoms with Gasteiger partial charge in [-0.2, -0.15) is 0 Å². The van der Waals surface area contributed by atoms with Crippen LogP contribution in [0.25, 0.3) is 0 Å². The number of unbranched alkanes of at least 4 members (excludes halogenated alkanes) is 1. The fourth-order valence-electron chi connectivity index (χ4n) is 3.63. The Balaban J connectivity index is 2.00. The second-order valence-corrected chi connectivity index (χ2v) is 8.63. The molecule has 1 unspecified atom stereocenters. The van der Waals surface area contributed by atoms with Crippen molar-refractivity contribution in [3.05, 3.63) is 77.6 Å². The Kier molecular flexibility index (Phi) is 7.90. The highest BCUT2D eigenvalue weighted by Gasteiger charge is 2.25. The van der Waals surface area contributed by atoms with Crippen LogP contribution < -0.4 is 0 Å². The summed E-state index contributed by atoms with van der Waals surface area (Å²) in [5.74, 6) is 1.08. The van der Waals surface area contributed by atoms with Gasteiger partial charge in [0.1, 0.15) is 0 Å². The summed E-state index contributed by atoms with van der Waals surface area (Å²) >= 11 is 1.80. The first-order valence-corrected chi connectivity index (χ1v) is 11.4. The smallest absolute Gasteiger partial charge is 0.192 e. The predicted molar refractivity (Wildman–Crippen MR) is 122 cm³/mol. The highest BCUT2D eigenvalue weighted by Crippen LogP contribution is 2.40. The third kappa shape index (κ3) is 5.28. The first kappa shape index (κ1) is 21.6. The Morgan fingerprint density at radius 1 is 0.897 bits per heavy atom. The molecule has 0 saturated heterocycles. The number of thioether (sulfide) groups is 1. The molecule has 4 nitrogen and oxygen atoms in total. The summed E-state index contributed by atoms with van der Waals surface area (Å²) in [4.78, 5) is 2.24. The van der Waals surface area contributed by atoms with E-state index in [1.54, 1.807) is 11.8 Å². The van der Waals surface area contributed by atoms with Crippen molar-refractivity contribution in [3.8, 4) is 0 Å². The first-order valence-electron chi connectivity index (χ1n) is 10.5. The summed E-state index contributed by atoms with van der Waals surface area (Å²) in [7, 11) is 4.24. The van der Waals surface area contributed by atoms with Crippen molar-refractivity contribution < 1.29 is 0 Å². The molecular weight excluding hydrogens is 376 g/mol. The minimum Gasteiger partial charge on any atom is -0.305 e. The summed E-state index contributed by atoms with van der Waals surface area (Å²) in [5.41, 5.74) is 2.57. The van der Waals surface area contributed by atoms with Crippen LogP contribution >= 0.6 is 11.8 Å². The minimum atomic E-state index is 0.189. The molecule has 2 aromatic carbocycles. The van der Waals surface area contributed by atoms with E-state index in [2.05, 4.69) is 108 Å². The summed E-state index contributed by atoms with van der Waals surface area (Å²) in [6.45, 7) is 5.41. The lowest BCUT2D eigenvalue weighted by molar-refractivity contribution is 0.270. The lowest BCUT2D eigenvalue weighted by Crippen LogP contribution is -2.23. The van der Waals surface area contributed by atoms with Crippen molar-refractivity contribution in [2.75, 3.05) is 14.1 Å². The van der Waals surface area contributed by atoms with E-state index in [-0.39, 0.29) is 11.3 Å². The second-order valence-electron chi connectivity index (χ2n) is 7.55. The Morgan fingerprint density at radius 3 is 1.97 bits per heavy atom. The third-order valence-corrected chi connectivity index (χ3v) is 6.51. The van der Waals surface area contributed by atoms with Crippen LogP contribution in [0.2, 0.25) is 0 Å². The molecule has 0 saturated carbocycles. The van der Waals surface area contributed by atoms with Gasteiger partial charge in [0.15, 0.2) is 11.0 Å². The average Bonchev–Trinajstić information content (AvgIpc) is 3.14. The molecule has 0 N–H and O–H groups in total. The number of hydrogen-bond acceptors (Lipinski definition) is 4. The van der Waals surface area contributed by atoms with Crippen LogP contribution in [0.3, 0.4) is 0 Å². The SMILES string of the molecule is CCCCn1c(SC(c2ccccc2)c2ccccc2)nnc1C(CC)N(C)C. The van der Waals surface area contributed by atoms with Gasteiger partial charge in [-0.25, -0.2) is 0 Å². The van der Waals surface area contributed by atoms with Crippen LogP contribution in [0.1, 0.15) is 61.4 Å². The van der Waals surface area contributed by atoms with Crippen LogP contribution in [0.4, 0.5) is 0 Å². The van der Waals surface area contributed by atoms with Gasteiger partial charge in [-0.05, 0) is 38.1 Å². The largest absolute Gasteiger partial charge is 0.305 e. The number of hydrogen-bond donors (Lipinski definition) is 0. The number of rotatable bonds is 10. The molecule has 0 bridgehead atoms. The average molecular weight is 409 g/mol. The Labute approximate surface area is 179 Å². The zero-order valence-electron chi connectivity index (χ0n) is 18.0. The van der Waals surface area contributed by atoms with Gasteiger partial charge in [-0.3, -0.25) is 4.90 Å². The van der Waals surface area contributed by atoms with Crippen molar-refractivity contribution in [3.63, 3.8) is 0 Å². The van der Waals surface area contributed by atoms with Crippen LogP contribution in [0.5, 0.6) is 0 Å². The molecule has 0 radical (unpaired) electrons. The maximum atomic E-state index is 4.66. The summed E-state index contributed by atoms with van der Waals surface area (Å²) in [6.07, 6.45) is 3.30. The fraction of sp³-hybridized carbons (Fsp3) is 0.417. The third-order valence-electron chi connectivity index (χ3n) is 5.22. The van der Waals surface area contributed by atoms with E-state index in [4.69, 9.17) is 0 Å². The molecule has 1 heterocycles. The Morgan fingerprint density at radius 2 is 1.48 bits per heavy atom. The molecule has 3 rings (SSSR count). The number of aromatic nitrogens is 3. The molecule has 0 fully saturated rings. The summed E-state index contributed by atoms with van der Waals surface area (Å²) in [6, 6.07) is 21.7. The lowest BCUT2D eigenvalue weighted by Gasteiger charge is -2.24. The molecule has 0 spiro atoms. The van der Waals surface area contributed by atoms with E-state index in [1.165, 1.54) is 11.1 Å². The lowest BCUT2D eigenvalue weighted by atomic mass is 10.0. The molecule has 3 aromatic rings. The van der Waals surface area contributed by atoms with Crippen molar-refractivity contribution in [2.24, 2.45) is 0 Å². The zero-order chi connectivity index (χ0) is 20.6. The molecular formula is C24H32N4S. The second kappa shape index (κ2) is 10.6. The molecule has 5 heteroatoms. The van der Waals surface area contributed by atoms with Crippen molar-refractivity contribution in [1.82, 2.24) is 19.7 Å². The van der Waals surface area contributed by atoms with Gasteiger partial charge >= 0.3 is 0 Å². The molecule has 0 aliphatic heterocycles.